The second kappa shape index (κ2) is 8.99. The Morgan fingerprint density at radius 3 is 2.29 bits per heavy atom. The van der Waals surface area contributed by atoms with Crippen LogP contribution in [0, 0.1) is 5.82 Å². The molecule has 2 aromatic rings. The van der Waals surface area contributed by atoms with Crippen molar-refractivity contribution < 1.29 is 9.18 Å². The van der Waals surface area contributed by atoms with Gasteiger partial charge < -0.3 is 9.80 Å². The highest BCUT2D eigenvalue weighted by molar-refractivity contribution is 5.91. The smallest absolute Gasteiger partial charge is 0.246 e. The van der Waals surface area contributed by atoms with Crippen molar-refractivity contribution in [1.29, 1.82) is 0 Å². The number of hydrogen-bond donors (Lipinski definition) is 0. The van der Waals surface area contributed by atoms with Crippen molar-refractivity contribution in [3.05, 3.63) is 77.6 Å². The second-order valence-corrected chi connectivity index (χ2v) is 5.93. The lowest BCUT2D eigenvalue weighted by Gasteiger charge is -2.23. The van der Waals surface area contributed by atoms with E-state index < -0.39 is 0 Å². The first-order valence-corrected chi connectivity index (χ1v) is 7.96. The maximum absolute atomic E-state index is 13.0. The number of halogens is 1. The molecular weight excluding hydrogens is 303 g/mol. The molecule has 0 saturated heterocycles. The fourth-order valence-corrected chi connectivity index (χ4v) is 2.24. The van der Waals surface area contributed by atoms with Crippen molar-refractivity contribution in [3.8, 4) is 0 Å². The third-order valence-electron chi connectivity index (χ3n) is 3.63. The van der Waals surface area contributed by atoms with Crippen LogP contribution in [0.3, 0.4) is 0 Å². The minimum absolute atomic E-state index is 0.0509. The number of nitrogens with zero attached hydrogens (tertiary/aromatic N) is 2. The van der Waals surface area contributed by atoms with Crippen molar-refractivity contribution >= 4 is 12.0 Å². The van der Waals surface area contributed by atoms with Gasteiger partial charge in [0.15, 0.2) is 0 Å². The van der Waals surface area contributed by atoms with E-state index in [-0.39, 0.29) is 11.7 Å². The van der Waals surface area contributed by atoms with Crippen LogP contribution in [-0.2, 0) is 11.3 Å². The van der Waals surface area contributed by atoms with Crippen molar-refractivity contribution in [2.75, 3.05) is 27.2 Å². The minimum atomic E-state index is -0.270. The summed E-state index contributed by atoms with van der Waals surface area (Å²) in [6.07, 6.45) is 3.41. The fourth-order valence-electron chi connectivity index (χ4n) is 2.24. The Morgan fingerprint density at radius 1 is 1.00 bits per heavy atom. The lowest BCUT2D eigenvalue weighted by Crippen LogP contribution is -2.35. The molecule has 0 aliphatic rings. The zero-order chi connectivity index (χ0) is 17.4. The Bertz CT molecular complexity index is 666. The molecule has 0 spiro atoms. The van der Waals surface area contributed by atoms with E-state index in [1.807, 2.05) is 55.4 Å². The lowest BCUT2D eigenvalue weighted by molar-refractivity contribution is -0.126. The SMILES string of the molecule is CN(C)CCN(Cc1ccc(F)cc1)C(=O)C=Cc1ccccc1. The molecule has 0 radical (unpaired) electrons. The van der Waals surface area contributed by atoms with Crippen LogP contribution in [0.25, 0.3) is 6.08 Å². The first-order chi connectivity index (χ1) is 11.5. The number of hydrogen-bond acceptors (Lipinski definition) is 2. The average Bonchev–Trinajstić information content (AvgIpc) is 2.59. The zero-order valence-corrected chi connectivity index (χ0v) is 14.2. The molecule has 0 unspecified atom stereocenters. The van der Waals surface area contributed by atoms with Gasteiger partial charge in [0.25, 0.3) is 0 Å². The van der Waals surface area contributed by atoms with Crippen LogP contribution in [0.15, 0.2) is 60.7 Å². The molecule has 0 bridgehead atoms. The predicted octanol–water partition coefficient (Wildman–Crippen LogP) is 3.43. The van der Waals surface area contributed by atoms with Crippen molar-refractivity contribution in [1.82, 2.24) is 9.80 Å². The highest BCUT2D eigenvalue weighted by Crippen LogP contribution is 2.09. The number of likely N-dealkylation sites (N-methyl/N-ethyl adjacent to an activating group) is 1. The molecule has 0 aliphatic carbocycles. The van der Waals surface area contributed by atoms with E-state index in [9.17, 15) is 9.18 Å². The van der Waals surface area contributed by atoms with Gasteiger partial charge in [0.1, 0.15) is 5.82 Å². The Balaban J connectivity index is 2.07. The Hall–Kier alpha value is -2.46. The zero-order valence-electron chi connectivity index (χ0n) is 14.2. The molecule has 2 rings (SSSR count). The van der Waals surface area contributed by atoms with E-state index >= 15 is 0 Å². The standard InChI is InChI=1S/C20H23FN2O/c1-22(2)14-15-23(16-18-8-11-19(21)12-9-18)20(24)13-10-17-6-4-3-5-7-17/h3-13H,14-16H2,1-2H3. The van der Waals surface area contributed by atoms with Crippen LogP contribution in [0.2, 0.25) is 0 Å². The van der Waals surface area contributed by atoms with Gasteiger partial charge >= 0.3 is 0 Å². The third kappa shape index (κ3) is 5.97. The van der Waals surface area contributed by atoms with E-state index in [2.05, 4.69) is 0 Å². The first kappa shape index (κ1) is 17.9. The van der Waals surface area contributed by atoms with Gasteiger partial charge in [0.2, 0.25) is 5.91 Å². The monoisotopic (exact) mass is 326 g/mol. The van der Waals surface area contributed by atoms with Gasteiger partial charge in [-0.25, -0.2) is 4.39 Å². The van der Waals surface area contributed by atoms with Crippen LogP contribution in [0.1, 0.15) is 11.1 Å². The molecule has 3 nitrogen and oxygen atoms in total. The molecule has 0 heterocycles. The maximum Gasteiger partial charge on any atom is 0.246 e. The van der Waals surface area contributed by atoms with E-state index in [4.69, 9.17) is 0 Å². The quantitative estimate of drug-likeness (QED) is 0.728. The summed E-state index contributed by atoms with van der Waals surface area (Å²) in [4.78, 5) is 16.4. The van der Waals surface area contributed by atoms with Crippen molar-refractivity contribution in [2.45, 2.75) is 6.54 Å². The van der Waals surface area contributed by atoms with Crippen LogP contribution >= 0.6 is 0 Å². The summed E-state index contributed by atoms with van der Waals surface area (Å²) in [7, 11) is 3.95. The van der Waals surface area contributed by atoms with Gasteiger partial charge in [0.05, 0.1) is 0 Å². The fraction of sp³-hybridized carbons (Fsp3) is 0.250. The third-order valence-corrected chi connectivity index (χ3v) is 3.63. The summed E-state index contributed by atoms with van der Waals surface area (Å²) in [5.41, 5.74) is 1.90. The van der Waals surface area contributed by atoms with E-state index in [0.717, 1.165) is 17.7 Å². The number of carbonyl (C=O) groups excluding carboxylic acids is 1. The predicted molar refractivity (Wildman–Crippen MR) is 95.8 cm³/mol. The van der Waals surface area contributed by atoms with Crippen LogP contribution in [0.4, 0.5) is 4.39 Å². The molecule has 0 aromatic heterocycles. The molecule has 0 N–H and O–H groups in total. The van der Waals surface area contributed by atoms with E-state index in [0.29, 0.717) is 13.1 Å². The number of rotatable bonds is 7. The second-order valence-electron chi connectivity index (χ2n) is 5.93. The molecule has 0 aliphatic heterocycles. The van der Waals surface area contributed by atoms with E-state index in [1.54, 1.807) is 23.1 Å². The summed E-state index contributed by atoms with van der Waals surface area (Å²) >= 11 is 0. The molecule has 0 atom stereocenters. The minimum Gasteiger partial charge on any atom is -0.334 e. The van der Waals surface area contributed by atoms with Gasteiger partial charge in [-0.3, -0.25) is 4.79 Å². The Labute approximate surface area is 143 Å². The molecule has 4 heteroatoms. The largest absolute Gasteiger partial charge is 0.334 e. The molecule has 0 saturated carbocycles. The topological polar surface area (TPSA) is 23.6 Å². The average molecular weight is 326 g/mol. The lowest BCUT2D eigenvalue weighted by atomic mass is 10.2. The van der Waals surface area contributed by atoms with Gasteiger partial charge in [-0.05, 0) is 43.4 Å². The van der Waals surface area contributed by atoms with Crippen LogP contribution in [-0.4, -0.2) is 42.9 Å². The number of benzene rings is 2. The van der Waals surface area contributed by atoms with Gasteiger partial charge in [-0.2, -0.15) is 0 Å². The molecule has 24 heavy (non-hydrogen) atoms. The van der Waals surface area contributed by atoms with E-state index in [1.165, 1.54) is 12.1 Å². The summed E-state index contributed by atoms with van der Waals surface area (Å²) < 4.78 is 13.0. The highest BCUT2D eigenvalue weighted by Gasteiger charge is 2.12. The summed E-state index contributed by atoms with van der Waals surface area (Å²) in [5, 5.41) is 0. The van der Waals surface area contributed by atoms with Crippen molar-refractivity contribution in [2.24, 2.45) is 0 Å². The maximum atomic E-state index is 13.0. The molecule has 1 amide bonds. The molecule has 2 aromatic carbocycles. The van der Waals surface area contributed by atoms with Crippen LogP contribution < -0.4 is 0 Å². The van der Waals surface area contributed by atoms with Crippen molar-refractivity contribution in [3.63, 3.8) is 0 Å². The highest BCUT2D eigenvalue weighted by atomic mass is 19.1. The Morgan fingerprint density at radius 2 is 1.67 bits per heavy atom. The van der Waals surface area contributed by atoms with Gasteiger partial charge in [-0.15, -0.1) is 0 Å². The summed E-state index contributed by atoms with van der Waals surface area (Å²) in [6.45, 7) is 1.85. The Kier molecular flexibility index (Phi) is 6.70. The molecular formula is C20H23FN2O. The number of carbonyl (C=O) groups is 1. The molecule has 126 valence electrons. The van der Waals surface area contributed by atoms with Gasteiger partial charge in [0, 0.05) is 25.7 Å². The molecule has 0 fully saturated rings. The first-order valence-electron chi connectivity index (χ1n) is 7.96. The summed E-state index contributed by atoms with van der Waals surface area (Å²) in [6, 6.07) is 16.0. The number of amides is 1. The normalized spacial score (nSPS) is 11.2. The van der Waals surface area contributed by atoms with Gasteiger partial charge in [-0.1, -0.05) is 42.5 Å². The summed E-state index contributed by atoms with van der Waals surface area (Å²) in [5.74, 6) is -0.320. The van der Waals surface area contributed by atoms with Crippen LogP contribution in [0.5, 0.6) is 0 Å².